The lowest BCUT2D eigenvalue weighted by Crippen LogP contribution is -2.48. The van der Waals surface area contributed by atoms with E-state index >= 15 is 0 Å². The SMILES string of the molecule is CCc1ccccc1NC(=O)CN1CCN(c2nnc(Cc3ccc(F)cc3)s2)CC1. The van der Waals surface area contributed by atoms with E-state index in [0.717, 1.165) is 59.6 Å². The van der Waals surface area contributed by atoms with E-state index in [1.54, 1.807) is 23.5 Å². The van der Waals surface area contributed by atoms with Crippen molar-refractivity contribution in [1.82, 2.24) is 15.1 Å². The molecule has 0 unspecified atom stereocenters. The third kappa shape index (κ3) is 5.65. The summed E-state index contributed by atoms with van der Waals surface area (Å²) >= 11 is 1.57. The van der Waals surface area contributed by atoms with E-state index in [9.17, 15) is 9.18 Å². The Kier molecular flexibility index (Phi) is 6.89. The van der Waals surface area contributed by atoms with Crippen molar-refractivity contribution in [2.24, 2.45) is 0 Å². The molecule has 8 heteroatoms. The minimum Gasteiger partial charge on any atom is -0.344 e. The number of rotatable bonds is 7. The van der Waals surface area contributed by atoms with Crippen molar-refractivity contribution < 1.29 is 9.18 Å². The number of carbonyl (C=O) groups is 1. The number of benzene rings is 2. The number of anilines is 2. The average Bonchev–Trinajstić information content (AvgIpc) is 3.25. The number of aromatic nitrogens is 2. The number of para-hydroxylation sites is 1. The van der Waals surface area contributed by atoms with Gasteiger partial charge < -0.3 is 10.2 Å². The molecule has 0 aliphatic carbocycles. The molecule has 0 bridgehead atoms. The maximum atomic E-state index is 13.1. The summed E-state index contributed by atoms with van der Waals surface area (Å²) in [4.78, 5) is 16.9. The fourth-order valence-corrected chi connectivity index (χ4v) is 4.59. The lowest BCUT2D eigenvalue weighted by molar-refractivity contribution is -0.117. The predicted octanol–water partition coefficient (Wildman–Crippen LogP) is 3.59. The zero-order valence-corrected chi connectivity index (χ0v) is 18.4. The third-order valence-corrected chi connectivity index (χ3v) is 6.39. The number of amides is 1. The first-order valence-electron chi connectivity index (χ1n) is 10.5. The van der Waals surface area contributed by atoms with Crippen LogP contribution in [-0.4, -0.2) is 53.7 Å². The summed E-state index contributed by atoms with van der Waals surface area (Å²) in [6, 6.07) is 14.4. The highest BCUT2D eigenvalue weighted by Gasteiger charge is 2.22. The Bertz CT molecular complexity index is 1010. The minimum atomic E-state index is -0.233. The highest BCUT2D eigenvalue weighted by atomic mass is 32.1. The van der Waals surface area contributed by atoms with E-state index in [0.29, 0.717) is 13.0 Å². The molecule has 162 valence electrons. The van der Waals surface area contributed by atoms with Gasteiger partial charge in [-0.25, -0.2) is 4.39 Å². The molecular weight excluding hydrogens is 413 g/mol. The van der Waals surface area contributed by atoms with Gasteiger partial charge in [0.05, 0.1) is 6.54 Å². The lowest BCUT2D eigenvalue weighted by Gasteiger charge is -2.33. The Morgan fingerprint density at radius 2 is 1.81 bits per heavy atom. The molecule has 0 spiro atoms. The summed E-state index contributed by atoms with van der Waals surface area (Å²) < 4.78 is 13.1. The van der Waals surface area contributed by atoms with Crippen molar-refractivity contribution in [1.29, 1.82) is 0 Å². The van der Waals surface area contributed by atoms with Crippen LogP contribution in [0.2, 0.25) is 0 Å². The summed E-state index contributed by atoms with van der Waals surface area (Å²) in [5.74, 6) is -0.213. The molecule has 1 fully saturated rings. The summed E-state index contributed by atoms with van der Waals surface area (Å²) in [7, 11) is 0. The van der Waals surface area contributed by atoms with Crippen molar-refractivity contribution in [2.45, 2.75) is 19.8 Å². The first-order chi connectivity index (χ1) is 15.1. The summed E-state index contributed by atoms with van der Waals surface area (Å²) in [5.41, 5.74) is 3.06. The monoisotopic (exact) mass is 439 g/mol. The van der Waals surface area contributed by atoms with Crippen molar-refractivity contribution in [3.8, 4) is 0 Å². The number of aryl methyl sites for hydroxylation is 1. The molecule has 6 nitrogen and oxygen atoms in total. The topological polar surface area (TPSA) is 61.4 Å². The van der Waals surface area contributed by atoms with Gasteiger partial charge in [-0.1, -0.05) is 48.6 Å². The number of hydrogen-bond acceptors (Lipinski definition) is 6. The molecule has 1 aromatic heterocycles. The van der Waals surface area contributed by atoms with Crippen LogP contribution in [0.3, 0.4) is 0 Å². The van der Waals surface area contributed by atoms with Gasteiger partial charge in [0.15, 0.2) is 0 Å². The first kappa shape index (κ1) is 21.4. The Hall–Kier alpha value is -2.84. The van der Waals surface area contributed by atoms with Crippen molar-refractivity contribution in [2.75, 3.05) is 42.9 Å². The molecule has 1 saturated heterocycles. The Morgan fingerprint density at radius 3 is 2.55 bits per heavy atom. The highest BCUT2D eigenvalue weighted by molar-refractivity contribution is 7.15. The van der Waals surface area contributed by atoms with Crippen LogP contribution in [0.5, 0.6) is 0 Å². The van der Waals surface area contributed by atoms with Gasteiger partial charge in [-0.15, -0.1) is 10.2 Å². The largest absolute Gasteiger partial charge is 0.344 e. The first-order valence-corrected chi connectivity index (χ1v) is 11.3. The van der Waals surface area contributed by atoms with Crippen LogP contribution in [0.15, 0.2) is 48.5 Å². The third-order valence-electron chi connectivity index (χ3n) is 5.41. The number of halogens is 1. The van der Waals surface area contributed by atoms with E-state index < -0.39 is 0 Å². The van der Waals surface area contributed by atoms with Gasteiger partial charge in [-0.3, -0.25) is 9.69 Å². The highest BCUT2D eigenvalue weighted by Crippen LogP contribution is 2.23. The fourth-order valence-electron chi connectivity index (χ4n) is 3.66. The molecule has 2 aromatic carbocycles. The summed E-state index contributed by atoms with van der Waals surface area (Å²) in [6.07, 6.45) is 1.54. The number of nitrogens with zero attached hydrogens (tertiary/aromatic N) is 4. The van der Waals surface area contributed by atoms with E-state index in [1.165, 1.54) is 12.1 Å². The second-order valence-corrected chi connectivity index (χ2v) is 8.64. The van der Waals surface area contributed by atoms with E-state index in [-0.39, 0.29) is 11.7 Å². The van der Waals surface area contributed by atoms with Crippen LogP contribution in [-0.2, 0) is 17.6 Å². The number of piperazine rings is 1. The maximum Gasteiger partial charge on any atom is 0.238 e. The summed E-state index contributed by atoms with van der Waals surface area (Å²) in [6.45, 7) is 5.69. The van der Waals surface area contributed by atoms with E-state index in [2.05, 4.69) is 32.2 Å². The molecule has 2 heterocycles. The fraction of sp³-hybridized carbons (Fsp3) is 0.348. The molecular formula is C23H26FN5OS. The minimum absolute atomic E-state index is 0.0202. The molecule has 0 atom stereocenters. The zero-order valence-electron chi connectivity index (χ0n) is 17.6. The van der Waals surface area contributed by atoms with Gasteiger partial charge in [0.2, 0.25) is 11.0 Å². The van der Waals surface area contributed by atoms with E-state index in [4.69, 9.17) is 0 Å². The van der Waals surface area contributed by atoms with Gasteiger partial charge in [0.1, 0.15) is 10.8 Å². The molecule has 1 amide bonds. The molecule has 0 saturated carbocycles. The Balaban J connectivity index is 1.26. The molecule has 3 aromatic rings. The summed E-state index contributed by atoms with van der Waals surface area (Å²) in [5, 5.41) is 13.5. The van der Waals surface area contributed by atoms with Gasteiger partial charge in [-0.05, 0) is 35.7 Å². The second kappa shape index (κ2) is 9.98. The van der Waals surface area contributed by atoms with Crippen LogP contribution < -0.4 is 10.2 Å². The van der Waals surface area contributed by atoms with Gasteiger partial charge in [0, 0.05) is 38.3 Å². The second-order valence-electron chi connectivity index (χ2n) is 7.60. The molecule has 1 aliphatic rings. The zero-order chi connectivity index (χ0) is 21.6. The number of carbonyl (C=O) groups excluding carboxylic acids is 1. The number of nitrogens with one attached hydrogen (secondary N) is 1. The molecule has 1 N–H and O–H groups in total. The lowest BCUT2D eigenvalue weighted by atomic mass is 10.1. The van der Waals surface area contributed by atoms with Gasteiger partial charge >= 0.3 is 0 Å². The predicted molar refractivity (Wildman–Crippen MR) is 122 cm³/mol. The maximum absolute atomic E-state index is 13.1. The normalized spacial score (nSPS) is 14.6. The molecule has 1 aliphatic heterocycles. The van der Waals surface area contributed by atoms with Crippen LogP contribution in [0.1, 0.15) is 23.1 Å². The van der Waals surface area contributed by atoms with Crippen LogP contribution in [0.25, 0.3) is 0 Å². The molecule has 4 rings (SSSR count). The van der Waals surface area contributed by atoms with Crippen molar-refractivity contribution in [3.05, 3.63) is 70.5 Å². The van der Waals surface area contributed by atoms with Crippen molar-refractivity contribution >= 4 is 28.1 Å². The average molecular weight is 440 g/mol. The smallest absolute Gasteiger partial charge is 0.238 e. The van der Waals surface area contributed by atoms with Crippen LogP contribution in [0.4, 0.5) is 15.2 Å². The Morgan fingerprint density at radius 1 is 1.06 bits per heavy atom. The standard InChI is InChI=1S/C23H26FN5OS/c1-2-18-5-3-4-6-20(18)25-21(30)16-28-11-13-29(14-12-28)23-27-26-22(31-23)15-17-7-9-19(24)10-8-17/h3-10H,2,11-16H2,1H3,(H,25,30). The quantitative estimate of drug-likeness (QED) is 0.610. The van der Waals surface area contributed by atoms with Gasteiger partial charge in [-0.2, -0.15) is 0 Å². The van der Waals surface area contributed by atoms with Gasteiger partial charge in [0.25, 0.3) is 0 Å². The number of hydrogen-bond donors (Lipinski definition) is 1. The van der Waals surface area contributed by atoms with Crippen molar-refractivity contribution in [3.63, 3.8) is 0 Å². The van der Waals surface area contributed by atoms with Crippen LogP contribution >= 0.6 is 11.3 Å². The molecule has 31 heavy (non-hydrogen) atoms. The van der Waals surface area contributed by atoms with E-state index in [1.807, 2.05) is 24.3 Å². The van der Waals surface area contributed by atoms with Crippen LogP contribution in [0, 0.1) is 5.82 Å². The molecule has 0 radical (unpaired) electrons. The Labute approximate surface area is 185 Å².